The van der Waals surface area contributed by atoms with E-state index in [-0.39, 0.29) is 15.9 Å². The van der Waals surface area contributed by atoms with Crippen molar-refractivity contribution in [3.05, 3.63) is 87.4 Å². The fraction of sp³-hybridized carbons (Fsp3) is 0.158. The molecule has 0 radical (unpaired) electrons. The second-order valence-electron chi connectivity index (χ2n) is 5.94. The maximum atomic E-state index is 12.6. The van der Waals surface area contributed by atoms with Gasteiger partial charge in [0.05, 0.1) is 16.3 Å². The van der Waals surface area contributed by atoms with Gasteiger partial charge in [-0.15, -0.1) is 0 Å². The molecule has 0 saturated heterocycles. The van der Waals surface area contributed by atoms with Gasteiger partial charge in [0.2, 0.25) is 5.28 Å². The Balaban J connectivity index is 1.90. The van der Waals surface area contributed by atoms with Crippen LogP contribution in [0.4, 0.5) is 0 Å². The van der Waals surface area contributed by atoms with Gasteiger partial charge in [0.1, 0.15) is 0 Å². The highest BCUT2D eigenvalue weighted by atomic mass is 35.5. The number of halogens is 2. The number of sulfone groups is 1. The normalized spacial score (nSPS) is 11.5. The molecule has 0 N–H and O–H groups in total. The molecule has 26 heavy (non-hydrogen) atoms. The molecule has 0 saturated carbocycles. The second-order valence-corrected chi connectivity index (χ2v) is 8.68. The van der Waals surface area contributed by atoms with Crippen molar-refractivity contribution in [3.8, 4) is 0 Å². The third-order valence-corrected chi connectivity index (χ3v) is 6.21. The monoisotopic (exact) mass is 406 g/mol. The molecule has 0 aliphatic heterocycles. The van der Waals surface area contributed by atoms with Gasteiger partial charge in [-0.3, -0.25) is 0 Å². The Bertz CT molecular complexity index is 1040. The van der Waals surface area contributed by atoms with Gasteiger partial charge in [0.25, 0.3) is 0 Å². The number of aromatic nitrogens is 2. The number of hydrogen-bond acceptors (Lipinski definition) is 4. The van der Waals surface area contributed by atoms with Gasteiger partial charge in [-0.25, -0.2) is 18.4 Å². The van der Waals surface area contributed by atoms with Crippen molar-refractivity contribution in [3.63, 3.8) is 0 Å². The lowest BCUT2D eigenvalue weighted by Gasteiger charge is -2.10. The first kappa shape index (κ1) is 18.8. The largest absolute Gasteiger partial charge is 0.226 e. The molecule has 0 spiro atoms. The van der Waals surface area contributed by atoms with E-state index in [1.54, 1.807) is 48.7 Å². The van der Waals surface area contributed by atoms with Crippen molar-refractivity contribution < 1.29 is 8.42 Å². The lowest BCUT2D eigenvalue weighted by molar-refractivity contribution is 0.595. The first-order valence-electron chi connectivity index (χ1n) is 7.88. The molecule has 0 fully saturated rings. The number of rotatable bonds is 5. The number of nitrogens with zero attached hydrogens (tertiary/aromatic N) is 2. The van der Waals surface area contributed by atoms with Crippen molar-refractivity contribution in [1.82, 2.24) is 9.97 Å². The zero-order valence-corrected chi connectivity index (χ0v) is 16.3. The topological polar surface area (TPSA) is 59.9 Å². The van der Waals surface area contributed by atoms with Gasteiger partial charge >= 0.3 is 0 Å². The molecule has 0 aliphatic carbocycles. The summed E-state index contributed by atoms with van der Waals surface area (Å²) < 4.78 is 25.3. The summed E-state index contributed by atoms with van der Waals surface area (Å²) in [5.41, 5.74) is 3.18. The third-order valence-electron chi connectivity index (χ3n) is 3.98. The van der Waals surface area contributed by atoms with Crippen LogP contribution >= 0.6 is 23.2 Å². The standard InChI is InChI=1S/C19H16Cl2N2O2S/c1-13-11-22-19(21)23-18(13)10-14-7-8-17(20)15(9-14)12-26(24,25)16-5-3-2-4-6-16/h2-9,11H,10,12H2,1H3. The predicted octanol–water partition coefficient (Wildman–Crippen LogP) is 4.66. The average Bonchev–Trinajstić information content (AvgIpc) is 2.61. The summed E-state index contributed by atoms with van der Waals surface area (Å²) >= 11 is 12.1. The van der Waals surface area contributed by atoms with Crippen LogP contribution in [0.3, 0.4) is 0 Å². The van der Waals surface area contributed by atoms with E-state index in [0.717, 1.165) is 16.8 Å². The van der Waals surface area contributed by atoms with Gasteiger partial charge in [-0.1, -0.05) is 41.9 Å². The minimum atomic E-state index is -3.47. The fourth-order valence-electron chi connectivity index (χ4n) is 2.59. The Morgan fingerprint density at radius 3 is 2.50 bits per heavy atom. The molecule has 0 atom stereocenters. The molecule has 1 heterocycles. The summed E-state index contributed by atoms with van der Waals surface area (Å²) in [5, 5.41) is 0.608. The van der Waals surface area contributed by atoms with Crippen molar-refractivity contribution in [1.29, 1.82) is 0 Å². The second kappa shape index (κ2) is 7.74. The SMILES string of the molecule is Cc1cnc(Cl)nc1Cc1ccc(Cl)c(CS(=O)(=O)c2ccccc2)c1. The van der Waals surface area contributed by atoms with Crippen LogP contribution in [0.2, 0.25) is 10.3 Å². The minimum Gasteiger partial charge on any atom is -0.226 e. The molecule has 0 unspecified atom stereocenters. The van der Waals surface area contributed by atoms with Crippen molar-refractivity contribution in [2.24, 2.45) is 0 Å². The molecule has 0 amide bonds. The van der Waals surface area contributed by atoms with Crippen LogP contribution in [0.25, 0.3) is 0 Å². The maximum absolute atomic E-state index is 12.6. The molecule has 7 heteroatoms. The summed E-state index contributed by atoms with van der Waals surface area (Å²) in [6, 6.07) is 13.7. The highest BCUT2D eigenvalue weighted by Crippen LogP contribution is 2.25. The smallest absolute Gasteiger partial charge is 0.222 e. The first-order valence-corrected chi connectivity index (χ1v) is 10.3. The Hall–Kier alpha value is -1.95. The van der Waals surface area contributed by atoms with Crippen molar-refractivity contribution >= 4 is 33.0 Å². The van der Waals surface area contributed by atoms with Gasteiger partial charge < -0.3 is 0 Å². The molecule has 2 aromatic carbocycles. The van der Waals surface area contributed by atoms with E-state index in [1.165, 1.54) is 0 Å². The van der Waals surface area contributed by atoms with Crippen LogP contribution in [0, 0.1) is 6.92 Å². The molecule has 1 aromatic heterocycles. The molecule has 4 nitrogen and oxygen atoms in total. The lowest BCUT2D eigenvalue weighted by atomic mass is 10.0. The van der Waals surface area contributed by atoms with E-state index in [4.69, 9.17) is 23.2 Å². The zero-order valence-electron chi connectivity index (χ0n) is 14.0. The van der Waals surface area contributed by atoms with E-state index >= 15 is 0 Å². The molecule has 3 aromatic rings. The van der Waals surface area contributed by atoms with Crippen molar-refractivity contribution in [2.75, 3.05) is 0 Å². The van der Waals surface area contributed by atoms with Gasteiger partial charge in [0.15, 0.2) is 9.84 Å². The fourth-order valence-corrected chi connectivity index (χ4v) is 4.39. The summed E-state index contributed by atoms with van der Waals surface area (Å²) in [4.78, 5) is 8.47. The molecular formula is C19H16Cl2N2O2S. The van der Waals surface area contributed by atoms with Crippen LogP contribution in [0.15, 0.2) is 59.6 Å². The highest BCUT2D eigenvalue weighted by Gasteiger charge is 2.17. The Kier molecular flexibility index (Phi) is 5.61. The van der Waals surface area contributed by atoms with Gasteiger partial charge in [0, 0.05) is 17.6 Å². The van der Waals surface area contributed by atoms with Crippen LogP contribution in [-0.2, 0) is 22.0 Å². The van der Waals surface area contributed by atoms with E-state index in [9.17, 15) is 8.42 Å². The van der Waals surface area contributed by atoms with E-state index in [1.807, 2.05) is 13.0 Å². The van der Waals surface area contributed by atoms with E-state index in [2.05, 4.69) is 9.97 Å². The third kappa shape index (κ3) is 4.41. The predicted molar refractivity (Wildman–Crippen MR) is 103 cm³/mol. The molecule has 0 aliphatic rings. The Labute approximate surface area is 162 Å². The van der Waals surface area contributed by atoms with E-state index < -0.39 is 9.84 Å². The number of aryl methyl sites for hydroxylation is 1. The summed E-state index contributed by atoms with van der Waals surface area (Å²) in [6.07, 6.45) is 2.19. The summed E-state index contributed by atoms with van der Waals surface area (Å²) in [5.74, 6) is -0.160. The van der Waals surface area contributed by atoms with Gasteiger partial charge in [-0.05, 0) is 53.4 Å². The highest BCUT2D eigenvalue weighted by molar-refractivity contribution is 7.90. The van der Waals surface area contributed by atoms with Crippen LogP contribution in [0.5, 0.6) is 0 Å². The maximum Gasteiger partial charge on any atom is 0.222 e. The lowest BCUT2D eigenvalue weighted by Crippen LogP contribution is -2.06. The number of benzene rings is 2. The summed E-state index contributed by atoms with van der Waals surface area (Å²) in [6.45, 7) is 1.91. The Morgan fingerprint density at radius 2 is 1.77 bits per heavy atom. The molecular weight excluding hydrogens is 391 g/mol. The van der Waals surface area contributed by atoms with E-state index in [0.29, 0.717) is 17.0 Å². The molecule has 134 valence electrons. The minimum absolute atomic E-state index is 0.160. The molecule has 0 bridgehead atoms. The van der Waals surface area contributed by atoms with Gasteiger partial charge in [-0.2, -0.15) is 0 Å². The zero-order chi connectivity index (χ0) is 18.7. The molecule has 3 rings (SSSR count). The first-order chi connectivity index (χ1) is 12.3. The average molecular weight is 407 g/mol. The van der Waals surface area contributed by atoms with Crippen LogP contribution in [0.1, 0.15) is 22.4 Å². The summed E-state index contributed by atoms with van der Waals surface area (Å²) in [7, 11) is -3.47. The van der Waals surface area contributed by atoms with Crippen LogP contribution < -0.4 is 0 Å². The number of hydrogen-bond donors (Lipinski definition) is 0. The quantitative estimate of drug-likeness (QED) is 0.578. The van der Waals surface area contributed by atoms with Crippen molar-refractivity contribution in [2.45, 2.75) is 24.0 Å². The van der Waals surface area contributed by atoms with Crippen LogP contribution in [-0.4, -0.2) is 18.4 Å². The Morgan fingerprint density at radius 1 is 1.04 bits per heavy atom.